The number of anilines is 1. The summed E-state index contributed by atoms with van der Waals surface area (Å²) in [7, 11) is 0. The molecule has 1 atom stereocenters. The van der Waals surface area contributed by atoms with E-state index in [4.69, 9.17) is 0 Å². The van der Waals surface area contributed by atoms with Crippen LogP contribution in [0.5, 0.6) is 0 Å². The van der Waals surface area contributed by atoms with Crippen LogP contribution in [0.25, 0.3) is 0 Å². The SMILES string of the molecule is CC(NC(=O)c1ccc(N2CCCC2=O)cc1)c1ccc(F)cc1F. The maximum Gasteiger partial charge on any atom is 0.251 e. The molecule has 2 aromatic rings. The molecule has 1 fully saturated rings. The molecule has 3 rings (SSSR count). The van der Waals surface area contributed by atoms with Gasteiger partial charge in [-0.25, -0.2) is 8.78 Å². The molecule has 1 heterocycles. The zero-order valence-electron chi connectivity index (χ0n) is 13.8. The van der Waals surface area contributed by atoms with E-state index in [0.29, 0.717) is 18.5 Å². The lowest BCUT2D eigenvalue weighted by Crippen LogP contribution is -2.27. The third-order valence-corrected chi connectivity index (χ3v) is 4.29. The second kappa shape index (κ2) is 7.01. The summed E-state index contributed by atoms with van der Waals surface area (Å²) in [5, 5.41) is 2.69. The van der Waals surface area contributed by atoms with Gasteiger partial charge in [-0.3, -0.25) is 9.59 Å². The molecule has 2 aromatic carbocycles. The summed E-state index contributed by atoms with van der Waals surface area (Å²) >= 11 is 0. The number of nitrogens with one attached hydrogen (secondary N) is 1. The Balaban J connectivity index is 1.69. The van der Waals surface area contributed by atoms with Gasteiger partial charge in [0.25, 0.3) is 5.91 Å². The van der Waals surface area contributed by atoms with Gasteiger partial charge < -0.3 is 10.2 Å². The molecule has 0 bridgehead atoms. The van der Waals surface area contributed by atoms with Crippen molar-refractivity contribution in [1.82, 2.24) is 5.32 Å². The van der Waals surface area contributed by atoms with E-state index in [1.165, 1.54) is 6.07 Å². The van der Waals surface area contributed by atoms with Crippen LogP contribution in [0.1, 0.15) is 41.7 Å². The van der Waals surface area contributed by atoms with Gasteiger partial charge >= 0.3 is 0 Å². The smallest absolute Gasteiger partial charge is 0.251 e. The van der Waals surface area contributed by atoms with Gasteiger partial charge in [0.15, 0.2) is 0 Å². The van der Waals surface area contributed by atoms with Gasteiger partial charge in [-0.05, 0) is 43.7 Å². The number of nitrogens with zero attached hydrogens (tertiary/aromatic N) is 1. The molecular weight excluding hydrogens is 326 g/mol. The number of rotatable bonds is 4. The number of carbonyl (C=O) groups is 2. The summed E-state index contributed by atoms with van der Waals surface area (Å²) in [5.41, 5.74) is 1.38. The van der Waals surface area contributed by atoms with Crippen LogP contribution in [-0.4, -0.2) is 18.4 Å². The van der Waals surface area contributed by atoms with Gasteiger partial charge in [0.2, 0.25) is 5.91 Å². The third kappa shape index (κ3) is 3.68. The Kier molecular flexibility index (Phi) is 4.79. The van der Waals surface area contributed by atoms with Gasteiger partial charge in [0.1, 0.15) is 11.6 Å². The predicted molar refractivity (Wildman–Crippen MR) is 90.3 cm³/mol. The van der Waals surface area contributed by atoms with Crippen molar-refractivity contribution >= 4 is 17.5 Å². The summed E-state index contributed by atoms with van der Waals surface area (Å²) in [6.45, 7) is 2.32. The van der Waals surface area contributed by atoms with Gasteiger partial charge in [-0.15, -0.1) is 0 Å². The zero-order valence-corrected chi connectivity index (χ0v) is 13.8. The summed E-state index contributed by atoms with van der Waals surface area (Å²) < 4.78 is 26.8. The standard InChI is InChI=1S/C19H18F2N2O2/c1-12(16-9-6-14(20)11-17(16)21)22-19(25)13-4-7-15(8-5-13)23-10-2-3-18(23)24/h4-9,11-12H,2-3,10H2,1H3,(H,22,25). The molecule has 0 spiro atoms. The molecular formula is C19H18F2N2O2. The molecule has 4 nitrogen and oxygen atoms in total. The van der Waals surface area contributed by atoms with Gasteiger partial charge in [0, 0.05) is 35.8 Å². The van der Waals surface area contributed by atoms with E-state index in [0.717, 1.165) is 24.2 Å². The Morgan fingerprint density at radius 2 is 1.88 bits per heavy atom. The summed E-state index contributed by atoms with van der Waals surface area (Å²) in [5.74, 6) is -1.64. The van der Waals surface area contributed by atoms with E-state index in [9.17, 15) is 18.4 Å². The first-order valence-electron chi connectivity index (χ1n) is 8.12. The molecule has 0 aliphatic carbocycles. The lowest BCUT2D eigenvalue weighted by atomic mass is 10.1. The number of hydrogen-bond donors (Lipinski definition) is 1. The lowest BCUT2D eigenvalue weighted by Gasteiger charge is -2.17. The average molecular weight is 344 g/mol. The highest BCUT2D eigenvalue weighted by Crippen LogP contribution is 2.22. The van der Waals surface area contributed by atoms with Crippen LogP contribution < -0.4 is 10.2 Å². The fourth-order valence-corrected chi connectivity index (χ4v) is 2.92. The minimum atomic E-state index is -0.698. The summed E-state index contributed by atoms with van der Waals surface area (Å²) in [6.07, 6.45) is 1.38. The van der Waals surface area contributed by atoms with E-state index >= 15 is 0 Å². The average Bonchev–Trinajstić information content (AvgIpc) is 3.00. The van der Waals surface area contributed by atoms with Crippen LogP contribution in [0, 0.1) is 11.6 Å². The summed E-state index contributed by atoms with van der Waals surface area (Å²) in [4.78, 5) is 25.7. The van der Waals surface area contributed by atoms with Crippen molar-refractivity contribution in [3.05, 3.63) is 65.2 Å². The van der Waals surface area contributed by atoms with Crippen LogP contribution in [0.15, 0.2) is 42.5 Å². The van der Waals surface area contributed by atoms with Crippen LogP contribution >= 0.6 is 0 Å². The molecule has 1 unspecified atom stereocenters. The topological polar surface area (TPSA) is 49.4 Å². The molecule has 1 aliphatic heterocycles. The minimum Gasteiger partial charge on any atom is -0.345 e. The fraction of sp³-hybridized carbons (Fsp3) is 0.263. The monoisotopic (exact) mass is 344 g/mol. The molecule has 0 radical (unpaired) electrons. The highest BCUT2D eigenvalue weighted by atomic mass is 19.1. The van der Waals surface area contributed by atoms with E-state index in [1.54, 1.807) is 36.1 Å². The Labute approximate surface area is 144 Å². The Hall–Kier alpha value is -2.76. The molecule has 25 heavy (non-hydrogen) atoms. The van der Waals surface area contributed by atoms with Crippen molar-refractivity contribution < 1.29 is 18.4 Å². The van der Waals surface area contributed by atoms with Gasteiger partial charge in [-0.1, -0.05) is 6.07 Å². The van der Waals surface area contributed by atoms with Crippen molar-refractivity contribution in [2.45, 2.75) is 25.8 Å². The van der Waals surface area contributed by atoms with Crippen LogP contribution in [0.2, 0.25) is 0 Å². The molecule has 1 aliphatic rings. The van der Waals surface area contributed by atoms with Crippen molar-refractivity contribution in [3.8, 4) is 0 Å². The van der Waals surface area contributed by atoms with E-state index in [2.05, 4.69) is 5.32 Å². The Bertz CT molecular complexity index is 806. The molecule has 130 valence electrons. The normalized spacial score (nSPS) is 15.3. The number of halogens is 2. The second-order valence-electron chi connectivity index (χ2n) is 6.06. The van der Waals surface area contributed by atoms with E-state index in [-0.39, 0.29) is 17.4 Å². The predicted octanol–water partition coefficient (Wildman–Crippen LogP) is 3.58. The highest BCUT2D eigenvalue weighted by Gasteiger charge is 2.22. The molecule has 2 amide bonds. The maximum atomic E-state index is 13.8. The van der Waals surface area contributed by atoms with Crippen molar-refractivity contribution in [2.75, 3.05) is 11.4 Å². The van der Waals surface area contributed by atoms with Gasteiger partial charge in [0.05, 0.1) is 6.04 Å². The number of hydrogen-bond acceptors (Lipinski definition) is 2. The maximum absolute atomic E-state index is 13.8. The van der Waals surface area contributed by atoms with Crippen LogP contribution in [-0.2, 0) is 4.79 Å². The molecule has 1 N–H and O–H groups in total. The fourth-order valence-electron chi connectivity index (χ4n) is 2.92. The summed E-state index contributed by atoms with van der Waals surface area (Å²) in [6, 6.07) is 9.37. The number of carbonyl (C=O) groups excluding carboxylic acids is 2. The van der Waals surface area contributed by atoms with E-state index in [1.807, 2.05) is 0 Å². The minimum absolute atomic E-state index is 0.0811. The third-order valence-electron chi connectivity index (χ3n) is 4.29. The molecule has 0 saturated carbocycles. The zero-order chi connectivity index (χ0) is 18.0. The van der Waals surface area contributed by atoms with Crippen molar-refractivity contribution in [1.29, 1.82) is 0 Å². The number of amides is 2. The quantitative estimate of drug-likeness (QED) is 0.922. The first-order valence-corrected chi connectivity index (χ1v) is 8.12. The van der Waals surface area contributed by atoms with E-state index < -0.39 is 17.7 Å². The van der Waals surface area contributed by atoms with Crippen molar-refractivity contribution in [2.24, 2.45) is 0 Å². The molecule has 1 saturated heterocycles. The second-order valence-corrected chi connectivity index (χ2v) is 6.06. The Morgan fingerprint density at radius 1 is 1.16 bits per heavy atom. The number of benzene rings is 2. The van der Waals surface area contributed by atoms with Crippen LogP contribution in [0.4, 0.5) is 14.5 Å². The lowest BCUT2D eigenvalue weighted by molar-refractivity contribution is -0.117. The van der Waals surface area contributed by atoms with Crippen LogP contribution in [0.3, 0.4) is 0 Å². The largest absolute Gasteiger partial charge is 0.345 e. The molecule has 6 heteroatoms. The first-order chi connectivity index (χ1) is 12.0. The Morgan fingerprint density at radius 3 is 2.48 bits per heavy atom. The van der Waals surface area contributed by atoms with Gasteiger partial charge in [-0.2, -0.15) is 0 Å². The first kappa shape index (κ1) is 17.1. The molecule has 0 aromatic heterocycles. The van der Waals surface area contributed by atoms with Crippen molar-refractivity contribution in [3.63, 3.8) is 0 Å². The highest BCUT2D eigenvalue weighted by molar-refractivity contribution is 5.97.